The Balaban J connectivity index is 2.23. The van der Waals surface area contributed by atoms with Gasteiger partial charge in [-0.15, -0.1) is 0 Å². The topological polar surface area (TPSA) is 169 Å². The number of aliphatic hydroxyl groups is 6. The summed E-state index contributed by atoms with van der Waals surface area (Å²) >= 11 is 0. The van der Waals surface area contributed by atoms with Crippen molar-refractivity contribution in [1.29, 1.82) is 0 Å². The Morgan fingerprint density at radius 2 is 0.897 bits per heavy atom. The minimum atomic E-state index is -1.61. The van der Waals surface area contributed by atoms with Crippen molar-refractivity contribution in [2.45, 2.75) is 313 Å². The zero-order valence-corrected chi connectivity index (χ0v) is 44.0. The van der Waals surface area contributed by atoms with Crippen LogP contribution in [0.25, 0.3) is 0 Å². The second kappa shape index (κ2) is 47.7. The molecule has 0 aliphatic carbocycles. The maximum atomic E-state index is 13.1. The maximum Gasteiger partial charge on any atom is 0.249 e. The molecule has 0 bridgehead atoms. The fourth-order valence-electron chi connectivity index (χ4n) is 9.14. The molecule has 0 aromatic rings. The van der Waals surface area contributed by atoms with Crippen LogP contribution in [0, 0.1) is 0 Å². The van der Waals surface area contributed by atoms with Crippen molar-refractivity contribution in [3.8, 4) is 0 Å². The SMILES string of the molecule is CCCCCCCCCCC/C=C\C/C=C\CCCCCCCCCCCCCCC(O)C(=O)NC(COC1OC(CO)C(O)C(O)C1O)C(O)/C=C/CCCCCCCCCCCCCCC. The van der Waals surface area contributed by atoms with E-state index in [2.05, 4.69) is 43.5 Å². The molecule has 7 N–H and O–H groups in total. The zero-order chi connectivity index (χ0) is 49.6. The lowest BCUT2D eigenvalue weighted by Gasteiger charge is -2.40. The predicted octanol–water partition coefficient (Wildman–Crippen LogP) is 12.9. The van der Waals surface area contributed by atoms with Crippen LogP contribution in [-0.4, -0.2) is 98.7 Å². The van der Waals surface area contributed by atoms with Gasteiger partial charge >= 0.3 is 0 Å². The van der Waals surface area contributed by atoms with Crippen molar-refractivity contribution in [2.75, 3.05) is 13.2 Å². The fourth-order valence-corrected chi connectivity index (χ4v) is 9.14. The molecule has 1 fully saturated rings. The summed E-state index contributed by atoms with van der Waals surface area (Å²) in [4.78, 5) is 13.1. The van der Waals surface area contributed by atoms with E-state index >= 15 is 0 Å². The van der Waals surface area contributed by atoms with Crippen molar-refractivity contribution in [2.24, 2.45) is 0 Å². The van der Waals surface area contributed by atoms with E-state index in [0.29, 0.717) is 12.8 Å². The lowest BCUT2D eigenvalue weighted by Crippen LogP contribution is -2.60. The van der Waals surface area contributed by atoms with Gasteiger partial charge in [-0.2, -0.15) is 0 Å². The van der Waals surface area contributed by atoms with Gasteiger partial charge in [0.2, 0.25) is 5.91 Å². The molecule has 1 aliphatic heterocycles. The molecule has 1 rings (SSSR count). The second-order valence-corrected chi connectivity index (χ2v) is 20.2. The van der Waals surface area contributed by atoms with E-state index in [9.17, 15) is 35.4 Å². The molecule has 0 saturated carbocycles. The summed E-state index contributed by atoms with van der Waals surface area (Å²) in [5.41, 5.74) is 0. The molecule has 1 heterocycles. The molecule has 8 unspecified atom stereocenters. The monoisotopic (exact) mass is 964 g/mol. The Kier molecular flexibility index (Phi) is 45.1. The Morgan fingerprint density at radius 1 is 0.515 bits per heavy atom. The number of hydrogen-bond donors (Lipinski definition) is 7. The normalized spacial score (nSPS) is 20.3. The van der Waals surface area contributed by atoms with Gasteiger partial charge in [0.1, 0.15) is 30.5 Å². The van der Waals surface area contributed by atoms with Crippen LogP contribution in [0.1, 0.15) is 264 Å². The number of allylic oxidation sites excluding steroid dienone is 5. The highest BCUT2D eigenvalue weighted by atomic mass is 16.7. The molecule has 10 nitrogen and oxygen atoms in total. The van der Waals surface area contributed by atoms with Gasteiger partial charge < -0.3 is 45.4 Å². The summed E-state index contributed by atoms with van der Waals surface area (Å²) in [7, 11) is 0. The minimum absolute atomic E-state index is 0.305. The molecule has 8 atom stereocenters. The van der Waals surface area contributed by atoms with Crippen LogP contribution in [0.2, 0.25) is 0 Å². The van der Waals surface area contributed by atoms with Crippen LogP contribution in [0.15, 0.2) is 36.5 Å². The molecular formula is C58H109NO9. The van der Waals surface area contributed by atoms with Crippen LogP contribution in [0.3, 0.4) is 0 Å². The van der Waals surface area contributed by atoms with Gasteiger partial charge in [0, 0.05) is 0 Å². The van der Waals surface area contributed by atoms with E-state index in [-0.39, 0.29) is 6.61 Å². The quantitative estimate of drug-likeness (QED) is 0.0232. The summed E-state index contributed by atoms with van der Waals surface area (Å²) in [5, 5.41) is 65.0. The molecular weight excluding hydrogens is 855 g/mol. The maximum absolute atomic E-state index is 13.1. The molecule has 10 heteroatoms. The first-order chi connectivity index (χ1) is 33.3. The molecule has 0 spiro atoms. The smallest absolute Gasteiger partial charge is 0.249 e. The van der Waals surface area contributed by atoms with Gasteiger partial charge in [-0.25, -0.2) is 0 Å². The van der Waals surface area contributed by atoms with Crippen molar-refractivity contribution < 1.29 is 44.9 Å². The number of amides is 1. The minimum Gasteiger partial charge on any atom is -0.394 e. The predicted molar refractivity (Wildman–Crippen MR) is 282 cm³/mol. The molecule has 400 valence electrons. The van der Waals surface area contributed by atoms with Crippen LogP contribution >= 0.6 is 0 Å². The Bertz CT molecular complexity index is 1180. The van der Waals surface area contributed by atoms with E-state index < -0.39 is 61.5 Å². The number of aliphatic hydroxyl groups excluding tert-OH is 6. The Morgan fingerprint density at radius 3 is 1.31 bits per heavy atom. The average molecular weight is 965 g/mol. The number of unbranched alkanes of at least 4 members (excludes halogenated alkanes) is 34. The van der Waals surface area contributed by atoms with Crippen molar-refractivity contribution in [3.63, 3.8) is 0 Å². The number of ether oxygens (including phenoxy) is 2. The zero-order valence-electron chi connectivity index (χ0n) is 44.0. The third-order valence-electron chi connectivity index (χ3n) is 13.8. The highest BCUT2D eigenvalue weighted by Gasteiger charge is 2.44. The number of rotatable bonds is 49. The summed E-state index contributed by atoms with van der Waals surface area (Å²) in [6, 6.07) is -0.980. The van der Waals surface area contributed by atoms with E-state index in [1.54, 1.807) is 6.08 Å². The molecule has 1 saturated heterocycles. The summed E-state index contributed by atoms with van der Waals surface area (Å²) in [5.74, 6) is -0.616. The largest absolute Gasteiger partial charge is 0.394 e. The van der Waals surface area contributed by atoms with Gasteiger partial charge in [-0.3, -0.25) is 4.79 Å². The van der Waals surface area contributed by atoms with Crippen LogP contribution in [0.4, 0.5) is 0 Å². The summed E-state index contributed by atoms with van der Waals surface area (Å²) in [6.45, 7) is 3.63. The Hall–Kier alpha value is -1.63. The number of hydrogen-bond acceptors (Lipinski definition) is 9. The van der Waals surface area contributed by atoms with Gasteiger partial charge in [-0.1, -0.05) is 249 Å². The molecule has 1 aliphatic rings. The van der Waals surface area contributed by atoms with Gasteiger partial charge in [-0.05, 0) is 51.4 Å². The number of carbonyl (C=O) groups excluding carboxylic acids is 1. The van der Waals surface area contributed by atoms with E-state index in [1.165, 1.54) is 193 Å². The molecule has 0 radical (unpaired) electrons. The van der Waals surface area contributed by atoms with E-state index in [0.717, 1.165) is 44.9 Å². The van der Waals surface area contributed by atoms with Gasteiger partial charge in [0.25, 0.3) is 0 Å². The Labute approximate surface area is 417 Å². The second-order valence-electron chi connectivity index (χ2n) is 20.2. The molecule has 0 aromatic carbocycles. The van der Waals surface area contributed by atoms with Gasteiger partial charge in [0.15, 0.2) is 6.29 Å². The van der Waals surface area contributed by atoms with E-state index in [1.807, 2.05) is 6.08 Å². The van der Waals surface area contributed by atoms with Crippen LogP contribution in [-0.2, 0) is 14.3 Å². The fraction of sp³-hybridized carbons (Fsp3) is 0.879. The first kappa shape index (κ1) is 64.4. The molecule has 1 amide bonds. The van der Waals surface area contributed by atoms with Crippen molar-refractivity contribution >= 4 is 5.91 Å². The third-order valence-corrected chi connectivity index (χ3v) is 13.8. The lowest BCUT2D eigenvalue weighted by atomic mass is 9.99. The van der Waals surface area contributed by atoms with Crippen LogP contribution in [0.5, 0.6) is 0 Å². The standard InChI is InChI=1S/C58H109NO9/c1-3-5-7-9-11-13-15-17-19-20-21-22-23-24-25-26-27-28-29-30-31-33-35-37-39-41-43-45-47-52(62)57(66)59-50(49-67-58-56(65)55(64)54(63)53(48-60)68-58)51(61)46-44-42-40-38-36-34-32-18-16-14-12-10-8-6-4-2/h21-22,24-25,44,46,50-56,58,60-65H,3-20,23,26-43,45,47-49H2,1-2H3,(H,59,66)/b22-21-,25-24-,46-44+. The van der Waals surface area contributed by atoms with Crippen molar-refractivity contribution in [3.05, 3.63) is 36.5 Å². The number of carbonyl (C=O) groups is 1. The van der Waals surface area contributed by atoms with Gasteiger partial charge in [0.05, 0.1) is 25.4 Å². The third kappa shape index (κ3) is 36.3. The lowest BCUT2D eigenvalue weighted by molar-refractivity contribution is -0.302. The van der Waals surface area contributed by atoms with Crippen LogP contribution < -0.4 is 5.32 Å². The van der Waals surface area contributed by atoms with Crippen molar-refractivity contribution in [1.82, 2.24) is 5.32 Å². The highest BCUT2D eigenvalue weighted by Crippen LogP contribution is 2.23. The first-order valence-electron chi connectivity index (χ1n) is 28.8. The highest BCUT2D eigenvalue weighted by molar-refractivity contribution is 5.80. The first-order valence-corrected chi connectivity index (χ1v) is 28.8. The number of nitrogens with one attached hydrogen (secondary N) is 1. The molecule has 0 aromatic heterocycles. The average Bonchev–Trinajstić information content (AvgIpc) is 3.34. The summed E-state index contributed by atoms with van der Waals surface area (Å²) in [6.07, 6.45) is 51.0. The molecule has 68 heavy (non-hydrogen) atoms. The van der Waals surface area contributed by atoms with E-state index in [4.69, 9.17) is 9.47 Å². The summed E-state index contributed by atoms with van der Waals surface area (Å²) < 4.78 is 11.2.